The number of aromatic nitrogens is 3. The van der Waals surface area contributed by atoms with E-state index in [-0.39, 0.29) is 6.04 Å². The molecule has 0 saturated carbocycles. The van der Waals surface area contributed by atoms with Crippen LogP contribution in [0.3, 0.4) is 0 Å². The molecule has 1 unspecified atom stereocenters. The van der Waals surface area contributed by atoms with Gasteiger partial charge in [-0.25, -0.2) is 0 Å². The number of piperidine rings is 1. The first kappa shape index (κ1) is 15.8. The summed E-state index contributed by atoms with van der Waals surface area (Å²) in [7, 11) is 5.95. The molecule has 7 heteroatoms. The molecule has 1 aliphatic heterocycles. The van der Waals surface area contributed by atoms with Crippen molar-refractivity contribution in [3.8, 4) is 0 Å². The third-order valence-electron chi connectivity index (χ3n) is 3.50. The van der Waals surface area contributed by atoms with E-state index >= 15 is 0 Å². The first-order chi connectivity index (χ1) is 10.1. The second-order valence-corrected chi connectivity index (χ2v) is 5.89. The molecule has 1 aromatic heterocycles. The van der Waals surface area contributed by atoms with Crippen LogP contribution in [-0.2, 0) is 0 Å². The molecule has 1 atom stereocenters. The molecule has 7 nitrogen and oxygen atoms in total. The van der Waals surface area contributed by atoms with Gasteiger partial charge in [0.2, 0.25) is 17.8 Å². The summed E-state index contributed by atoms with van der Waals surface area (Å²) in [6, 6.07) is 0.279. The van der Waals surface area contributed by atoms with Gasteiger partial charge in [0, 0.05) is 32.7 Å². The van der Waals surface area contributed by atoms with Gasteiger partial charge in [0.15, 0.2) is 0 Å². The molecule has 0 aromatic carbocycles. The first-order valence-electron chi connectivity index (χ1n) is 7.68. The highest BCUT2D eigenvalue weighted by atomic mass is 15.3. The van der Waals surface area contributed by atoms with Crippen LogP contribution in [0.5, 0.6) is 0 Å². The summed E-state index contributed by atoms with van der Waals surface area (Å²) in [6.07, 6.45) is 3.71. The van der Waals surface area contributed by atoms with Crippen LogP contribution in [-0.4, -0.2) is 66.7 Å². The van der Waals surface area contributed by atoms with Crippen LogP contribution < -0.4 is 15.5 Å². The molecule has 2 N–H and O–H groups in total. The highest BCUT2D eigenvalue weighted by Crippen LogP contribution is 2.18. The number of hydrogen-bond acceptors (Lipinski definition) is 7. The van der Waals surface area contributed by atoms with Gasteiger partial charge in [0.25, 0.3) is 0 Å². The van der Waals surface area contributed by atoms with Gasteiger partial charge in [0.1, 0.15) is 0 Å². The summed E-state index contributed by atoms with van der Waals surface area (Å²) in [4.78, 5) is 17.9. The molecule has 1 fully saturated rings. The van der Waals surface area contributed by atoms with E-state index in [2.05, 4.69) is 56.4 Å². The normalized spacial score (nSPS) is 16.9. The Morgan fingerprint density at radius 1 is 1.10 bits per heavy atom. The highest BCUT2D eigenvalue weighted by molar-refractivity contribution is 5.44. The van der Waals surface area contributed by atoms with Crippen molar-refractivity contribution < 1.29 is 0 Å². The molecule has 1 aromatic rings. The van der Waals surface area contributed by atoms with Gasteiger partial charge < -0.3 is 20.4 Å². The van der Waals surface area contributed by atoms with Crippen LogP contribution in [0, 0.1) is 0 Å². The fourth-order valence-electron chi connectivity index (χ4n) is 2.59. The number of hydrogen-bond donors (Lipinski definition) is 2. The maximum absolute atomic E-state index is 4.59. The van der Waals surface area contributed by atoms with Crippen molar-refractivity contribution in [3.05, 3.63) is 0 Å². The second-order valence-electron chi connectivity index (χ2n) is 5.89. The molecule has 0 aliphatic carbocycles. The van der Waals surface area contributed by atoms with E-state index in [1.165, 1.54) is 19.3 Å². The summed E-state index contributed by atoms with van der Waals surface area (Å²) < 4.78 is 0. The number of anilines is 3. The Morgan fingerprint density at radius 3 is 2.38 bits per heavy atom. The van der Waals surface area contributed by atoms with E-state index in [9.17, 15) is 0 Å². The van der Waals surface area contributed by atoms with Gasteiger partial charge in [0.05, 0.1) is 0 Å². The zero-order valence-electron chi connectivity index (χ0n) is 13.6. The van der Waals surface area contributed by atoms with Gasteiger partial charge >= 0.3 is 0 Å². The van der Waals surface area contributed by atoms with Crippen molar-refractivity contribution in [3.63, 3.8) is 0 Å². The minimum Gasteiger partial charge on any atom is -0.357 e. The van der Waals surface area contributed by atoms with Crippen LogP contribution in [0.1, 0.15) is 26.2 Å². The lowest BCUT2D eigenvalue weighted by molar-refractivity contribution is 0.391. The summed E-state index contributed by atoms with van der Waals surface area (Å²) in [5.74, 6) is 2.03. The van der Waals surface area contributed by atoms with Crippen LogP contribution >= 0.6 is 0 Å². The van der Waals surface area contributed by atoms with E-state index in [1.54, 1.807) is 0 Å². The lowest BCUT2D eigenvalue weighted by atomic mass is 10.1. The van der Waals surface area contributed by atoms with Gasteiger partial charge in [-0.15, -0.1) is 0 Å². The predicted octanol–water partition coefficient (Wildman–Crippen LogP) is 1.27. The summed E-state index contributed by atoms with van der Waals surface area (Å²) in [6.45, 7) is 5.11. The molecule has 2 heterocycles. The van der Waals surface area contributed by atoms with Crippen molar-refractivity contribution in [2.24, 2.45) is 0 Å². The van der Waals surface area contributed by atoms with E-state index in [4.69, 9.17) is 0 Å². The molecule has 0 bridgehead atoms. The van der Waals surface area contributed by atoms with Crippen molar-refractivity contribution >= 4 is 17.8 Å². The topological polar surface area (TPSA) is 69.2 Å². The van der Waals surface area contributed by atoms with Gasteiger partial charge in [-0.3, -0.25) is 0 Å². The summed E-state index contributed by atoms with van der Waals surface area (Å²) in [5, 5.41) is 6.38. The minimum atomic E-state index is 0.279. The smallest absolute Gasteiger partial charge is 0.231 e. The fraction of sp³-hybridized carbons (Fsp3) is 0.786. The molecule has 21 heavy (non-hydrogen) atoms. The maximum Gasteiger partial charge on any atom is 0.231 e. The van der Waals surface area contributed by atoms with E-state index < -0.39 is 0 Å². The zero-order chi connectivity index (χ0) is 15.2. The Morgan fingerprint density at radius 2 is 1.76 bits per heavy atom. The number of nitrogens with zero attached hydrogens (tertiary/aromatic N) is 5. The monoisotopic (exact) mass is 293 g/mol. The number of nitrogens with one attached hydrogen (secondary N) is 2. The Hall–Kier alpha value is -1.63. The average molecular weight is 293 g/mol. The molecule has 2 rings (SSSR count). The van der Waals surface area contributed by atoms with Crippen LogP contribution in [0.15, 0.2) is 0 Å². The lowest BCUT2D eigenvalue weighted by Gasteiger charge is -2.27. The molecule has 1 saturated heterocycles. The Kier molecular flexibility index (Phi) is 5.55. The number of likely N-dealkylation sites (N-methyl/N-ethyl adjacent to an activating group) is 1. The molecule has 1 aliphatic rings. The van der Waals surface area contributed by atoms with Crippen molar-refractivity contribution in [1.82, 2.24) is 19.9 Å². The highest BCUT2D eigenvalue weighted by Gasteiger charge is 2.16. The standard InChI is InChI=1S/C14H27N7/c1-11(10-20(3)4)16-13-17-12(15-2)18-14(19-13)21-8-6-5-7-9-21/h11H,5-10H2,1-4H3,(H2,15,16,17,18,19). The Balaban J connectivity index is 2.12. The largest absolute Gasteiger partial charge is 0.357 e. The predicted molar refractivity (Wildman–Crippen MR) is 87.1 cm³/mol. The van der Waals surface area contributed by atoms with Gasteiger partial charge in [-0.1, -0.05) is 0 Å². The second kappa shape index (κ2) is 7.40. The summed E-state index contributed by atoms with van der Waals surface area (Å²) >= 11 is 0. The first-order valence-corrected chi connectivity index (χ1v) is 7.68. The molecule has 0 radical (unpaired) electrons. The van der Waals surface area contributed by atoms with E-state index in [0.29, 0.717) is 11.9 Å². The van der Waals surface area contributed by atoms with E-state index in [0.717, 1.165) is 25.6 Å². The van der Waals surface area contributed by atoms with Crippen LogP contribution in [0.25, 0.3) is 0 Å². The average Bonchev–Trinajstić information content (AvgIpc) is 2.46. The SMILES string of the molecule is CNc1nc(NC(C)CN(C)C)nc(N2CCCCC2)n1. The van der Waals surface area contributed by atoms with E-state index in [1.807, 2.05) is 7.05 Å². The molecule has 0 spiro atoms. The lowest BCUT2D eigenvalue weighted by Crippen LogP contribution is -2.33. The summed E-state index contributed by atoms with van der Waals surface area (Å²) in [5.41, 5.74) is 0. The Labute approximate surface area is 127 Å². The van der Waals surface area contributed by atoms with Crippen molar-refractivity contribution in [2.45, 2.75) is 32.2 Å². The molecular formula is C14H27N7. The third kappa shape index (κ3) is 4.70. The van der Waals surface area contributed by atoms with Crippen molar-refractivity contribution in [1.29, 1.82) is 0 Å². The van der Waals surface area contributed by atoms with Gasteiger partial charge in [-0.2, -0.15) is 15.0 Å². The fourth-order valence-corrected chi connectivity index (χ4v) is 2.59. The maximum atomic E-state index is 4.59. The zero-order valence-corrected chi connectivity index (χ0v) is 13.6. The van der Waals surface area contributed by atoms with Crippen LogP contribution in [0.4, 0.5) is 17.8 Å². The molecule has 118 valence electrons. The van der Waals surface area contributed by atoms with Crippen molar-refractivity contribution in [2.75, 3.05) is 56.3 Å². The van der Waals surface area contributed by atoms with Gasteiger partial charge in [-0.05, 0) is 40.3 Å². The molecular weight excluding hydrogens is 266 g/mol. The Bertz CT molecular complexity index is 443. The number of rotatable bonds is 6. The quantitative estimate of drug-likeness (QED) is 0.818. The third-order valence-corrected chi connectivity index (χ3v) is 3.50. The minimum absolute atomic E-state index is 0.279. The van der Waals surface area contributed by atoms with Crippen LogP contribution in [0.2, 0.25) is 0 Å². The molecule has 0 amide bonds.